The van der Waals surface area contributed by atoms with Gasteiger partial charge in [-0.15, -0.1) is 11.8 Å². The maximum absolute atomic E-state index is 12.3. The third-order valence-electron chi connectivity index (χ3n) is 3.48. The summed E-state index contributed by atoms with van der Waals surface area (Å²) >= 11 is 7.49. The van der Waals surface area contributed by atoms with Crippen molar-refractivity contribution in [1.29, 1.82) is 0 Å². The van der Waals surface area contributed by atoms with Crippen LogP contribution in [0.4, 0.5) is 5.69 Å². The van der Waals surface area contributed by atoms with Crippen LogP contribution in [-0.2, 0) is 9.53 Å². The highest BCUT2D eigenvalue weighted by Crippen LogP contribution is 2.24. The molecule has 6 nitrogen and oxygen atoms in total. The van der Waals surface area contributed by atoms with Crippen molar-refractivity contribution in [3.63, 3.8) is 0 Å². The van der Waals surface area contributed by atoms with Crippen molar-refractivity contribution < 1.29 is 19.1 Å². The fourth-order valence-corrected chi connectivity index (χ4v) is 2.66. The lowest BCUT2D eigenvalue weighted by atomic mass is 10.2. The van der Waals surface area contributed by atoms with E-state index in [2.05, 4.69) is 5.32 Å². The zero-order valence-corrected chi connectivity index (χ0v) is 15.7. The second-order valence-corrected chi connectivity index (χ2v) is 6.61. The molecule has 2 amide bonds. The molecule has 0 saturated heterocycles. The second kappa shape index (κ2) is 8.73. The number of amides is 2. The van der Waals surface area contributed by atoms with Crippen molar-refractivity contribution in [2.45, 2.75) is 17.9 Å². The van der Waals surface area contributed by atoms with E-state index in [9.17, 15) is 14.4 Å². The number of primary amides is 1. The Hall–Kier alpha value is -2.51. The molecule has 0 aromatic heterocycles. The summed E-state index contributed by atoms with van der Waals surface area (Å²) in [5.74, 6) is -1.76. The second-order valence-electron chi connectivity index (χ2n) is 5.32. The van der Waals surface area contributed by atoms with E-state index >= 15 is 0 Å². The zero-order chi connectivity index (χ0) is 19.3. The number of ether oxygens (including phenoxy) is 1. The molecule has 0 saturated carbocycles. The summed E-state index contributed by atoms with van der Waals surface area (Å²) in [6, 6.07) is 11.1. The maximum Gasteiger partial charge on any atom is 0.340 e. The van der Waals surface area contributed by atoms with Crippen LogP contribution < -0.4 is 11.1 Å². The van der Waals surface area contributed by atoms with Gasteiger partial charge in [-0.05, 0) is 55.6 Å². The van der Waals surface area contributed by atoms with E-state index in [-0.39, 0.29) is 10.6 Å². The number of carbonyl (C=O) groups is 3. The predicted molar refractivity (Wildman–Crippen MR) is 102 cm³/mol. The molecule has 1 atom stereocenters. The molecule has 0 heterocycles. The number of nitrogens with two attached hydrogens (primary N) is 1. The Bertz CT molecular complexity index is 840. The fraction of sp³-hybridized carbons (Fsp3) is 0.167. The molecule has 8 heteroatoms. The van der Waals surface area contributed by atoms with Crippen LogP contribution in [0.2, 0.25) is 5.02 Å². The lowest BCUT2D eigenvalue weighted by molar-refractivity contribution is -0.123. The average Bonchev–Trinajstić information content (AvgIpc) is 2.62. The van der Waals surface area contributed by atoms with Crippen molar-refractivity contribution in [2.24, 2.45) is 5.73 Å². The lowest BCUT2D eigenvalue weighted by Crippen LogP contribution is -2.30. The van der Waals surface area contributed by atoms with Gasteiger partial charge in [-0.3, -0.25) is 9.59 Å². The molecule has 0 spiro atoms. The van der Waals surface area contributed by atoms with E-state index < -0.39 is 23.9 Å². The number of nitrogens with one attached hydrogen (secondary N) is 1. The van der Waals surface area contributed by atoms with Crippen LogP contribution in [0.3, 0.4) is 0 Å². The zero-order valence-electron chi connectivity index (χ0n) is 14.1. The number of hydrogen-bond acceptors (Lipinski definition) is 5. The largest absolute Gasteiger partial charge is 0.449 e. The molecular weight excluding hydrogens is 376 g/mol. The van der Waals surface area contributed by atoms with E-state index in [1.54, 1.807) is 18.2 Å². The van der Waals surface area contributed by atoms with Gasteiger partial charge in [0.25, 0.3) is 5.91 Å². The number of carbonyl (C=O) groups excluding carboxylic acids is 3. The predicted octanol–water partition coefficient (Wildman–Crippen LogP) is 3.34. The standard InChI is InChI=1S/C18H17ClN2O4S/c1-10(17(23)21-12-5-3-11(4-6-12)16(20)22)25-18(24)14-9-13(26-2)7-8-15(14)19/h3-10H,1-2H3,(H2,20,22)(H,21,23)/t10-/m0/s1. The molecule has 0 fully saturated rings. The van der Waals surface area contributed by atoms with E-state index in [1.165, 1.54) is 43.0 Å². The Morgan fingerprint density at radius 2 is 1.81 bits per heavy atom. The summed E-state index contributed by atoms with van der Waals surface area (Å²) in [7, 11) is 0. The molecule has 0 radical (unpaired) electrons. The first-order chi connectivity index (χ1) is 12.3. The van der Waals surface area contributed by atoms with Gasteiger partial charge in [-0.2, -0.15) is 0 Å². The van der Waals surface area contributed by atoms with Crippen molar-refractivity contribution in [1.82, 2.24) is 0 Å². The van der Waals surface area contributed by atoms with Crippen LogP contribution in [0.15, 0.2) is 47.4 Å². The van der Waals surface area contributed by atoms with Crippen LogP contribution in [-0.4, -0.2) is 30.1 Å². The van der Waals surface area contributed by atoms with Crippen LogP contribution in [0.25, 0.3) is 0 Å². The molecule has 0 bridgehead atoms. The van der Waals surface area contributed by atoms with Crippen LogP contribution in [0, 0.1) is 0 Å². The van der Waals surface area contributed by atoms with E-state index in [0.29, 0.717) is 11.3 Å². The van der Waals surface area contributed by atoms with E-state index in [4.69, 9.17) is 22.1 Å². The average molecular weight is 393 g/mol. The topological polar surface area (TPSA) is 98.5 Å². The summed E-state index contributed by atoms with van der Waals surface area (Å²) in [6.07, 6.45) is 0.838. The van der Waals surface area contributed by atoms with Crippen molar-refractivity contribution in [2.75, 3.05) is 11.6 Å². The number of hydrogen-bond donors (Lipinski definition) is 2. The van der Waals surface area contributed by atoms with Gasteiger partial charge in [0.2, 0.25) is 5.91 Å². The summed E-state index contributed by atoms with van der Waals surface area (Å²) in [5, 5.41) is 2.85. The third kappa shape index (κ3) is 5.00. The van der Waals surface area contributed by atoms with Gasteiger partial charge in [0.1, 0.15) is 0 Å². The Balaban J connectivity index is 2.02. The number of rotatable bonds is 6. The summed E-state index contributed by atoms with van der Waals surface area (Å²) in [6.45, 7) is 1.46. The highest BCUT2D eigenvalue weighted by molar-refractivity contribution is 7.98. The number of esters is 1. The van der Waals surface area contributed by atoms with Gasteiger partial charge >= 0.3 is 5.97 Å². The number of thioether (sulfide) groups is 1. The molecule has 0 aliphatic heterocycles. The fourth-order valence-electron chi connectivity index (χ4n) is 2.03. The molecule has 3 N–H and O–H groups in total. The quantitative estimate of drug-likeness (QED) is 0.580. The molecule has 0 aliphatic rings. The molecule has 2 aromatic rings. The summed E-state index contributed by atoms with van der Waals surface area (Å²) in [5.41, 5.74) is 6.13. The smallest absolute Gasteiger partial charge is 0.340 e. The Morgan fingerprint density at radius 3 is 2.38 bits per heavy atom. The van der Waals surface area contributed by atoms with Crippen LogP contribution in [0.1, 0.15) is 27.6 Å². The molecule has 2 aromatic carbocycles. The van der Waals surface area contributed by atoms with Gasteiger partial charge in [0.05, 0.1) is 10.6 Å². The molecular formula is C18H17ClN2O4S. The molecule has 0 unspecified atom stereocenters. The van der Waals surface area contributed by atoms with Gasteiger partial charge < -0.3 is 15.8 Å². The maximum atomic E-state index is 12.3. The molecule has 2 rings (SSSR count). The number of anilines is 1. The first-order valence-corrected chi connectivity index (χ1v) is 9.17. The van der Waals surface area contributed by atoms with Gasteiger partial charge in [0.15, 0.2) is 6.10 Å². The third-order valence-corrected chi connectivity index (χ3v) is 4.54. The molecule has 136 valence electrons. The summed E-state index contributed by atoms with van der Waals surface area (Å²) in [4.78, 5) is 36.4. The Labute approximate surface area is 160 Å². The normalized spacial score (nSPS) is 11.5. The molecule has 26 heavy (non-hydrogen) atoms. The minimum Gasteiger partial charge on any atom is -0.449 e. The van der Waals surface area contributed by atoms with E-state index in [0.717, 1.165) is 4.90 Å². The van der Waals surface area contributed by atoms with Gasteiger partial charge in [-0.25, -0.2) is 4.79 Å². The van der Waals surface area contributed by atoms with Crippen molar-refractivity contribution in [3.8, 4) is 0 Å². The van der Waals surface area contributed by atoms with E-state index in [1.807, 2.05) is 6.26 Å². The first kappa shape index (κ1) is 19.8. The number of halogens is 1. The Morgan fingerprint density at radius 1 is 1.15 bits per heavy atom. The monoisotopic (exact) mass is 392 g/mol. The van der Waals surface area contributed by atoms with Crippen molar-refractivity contribution in [3.05, 3.63) is 58.6 Å². The van der Waals surface area contributed by atoms with Gasteiger partial charge in [0, 0.05) is 16.1 Å². The minimum absolute atomic E-state index is 0.198. The minimum atomic E-state index is -1.03. The highest BCUT2D eigenvalue weighted by atomic mass is 35.5. The summed E-state index contributed by atoms with van der Waals surface area (Å²) < 4.78 is 5.19. The van der Waals surface area contributed by atoms with Gasteiger partial charge in [-0.1, -0.05) is 11.6 Å². The lowest BCUT2D eigenvalue weighted by Gasteiger charge is -2.14. The SMILES string of the molecule is CSc1ccc(Cl)c(C(=O)O[C@@H](C)C(=O)Nc2ccc(C(N)=O)cc2)c1. The Kier molecular flexibility index (Phi) is 6.65. The highest BCUT2D eigenvalue weighted by Gasteiger charge is 2.21. The number of benzene rings is 2. The molecule has 0 aliphatic carbocycles. The van der Waals surface area contributed by atoms with Crippen LogP contribution in [0.5, 0.6) is 0 Å². The van der Waals surface area contributed by atoms with Crippen molar-refractivity contribution >= 4 is 46.8 Å². The first-order valence-electron chi connectivity index (χ1n) is 7.57. The van der Waals surface area contributed by atoms with Crippen LogP contribution >= 0.6 is 23.4 Å².